The molecule has 2 nitrogen and oxygen atoms in total. The minimum Gasteiger partial charge on any atom is -0.447 e. The van der Waals surface area contributed by atoms with Crippen molar-refractivity contribution in [1.29, 1.82) is 0 Å². The second-order valence-electron chi connectivity index (χ2n) is 1.82. The lowest BCUT2D eigenvalue weighted by atomic mass is 10.8. The van der Waals surface area contributed by atoms with Gasteiger partial charge in [-0.3, -0.25) is 4.79 Å². The van der Waals surface area contributed by atoms with E-state index in [0.717, 1.165) is 6.42 Å². The monoisotopic (exact) mass is 320 g/mol. The summed E-state index contributed by atoms with van der Waals surface area (Å²) in [4.78, 5) is 9.85. The van der Waals surface area contributed by atoms with E-state index in [1.165, 1.54) is 0 Å². The highest BCUT2D eigenvalue weighted by atomic mass is 79.9. The summed E-state index contributed by atoms with van der Waals surface area (Å²) < 4.78 is 3.92. The molecule has 1 atom stereocenters. The summed E-state index contributed by atoms with van der Waals surface area (Å²) in [5.74, 6) is 0. The van der Waals surface area contributed by atoms with E-state index >= 15 is 0 Å². The molecule has 0 N–H and O–H groups in total. The van der Waals surface area contributed by atoms with Crippen LogP contribution in [0.15, 0.2) is 0 Å². The number of hydrogen-bond acceptors (Lipinski definition) is 2. The predicted molar refractivity (Wildman–Crippen MR) is 44.0 cm³/mol. The molecule has 0 saturated heterocycles. The number of rotatable bonds is 2. The zero-order valence-electron chi connectivity index (χ0n) is 4.23. The smallest absolute Gasteiger partial charge is 0.294 e. The minimum atomic E-state index is -0.526. The molecule has 1 aliphatic carbocycles. The average molecular weight is 323 g/mol. The van der Waals surface area contributed by atoms with Gasteiger partial charge in [0.2, 0.25) is 0 Å². The molecule has 0 aliphatic heterocycles. The van der Waals surface area contributed by atoms with Crippen molar-refractivity contribution in [1.82, 2.24) is 0 Å². The Balaban J connectivity index is 2.52. The van der Waals surface area contributed by atoms with E-state index in [2.05, 4.69) is 47.8 Å². The third-order valence-electron chi connectivity index (χ3n) is 1.11. The van der Waals surface area contributed by atoms with E-state index in [4.69, 9.17) is 4.74 Å². The highest BCUT2D eigenvalue weighted by molar-refractivity contribution is 9.26. The summed E-state index contributed by atoms with van der Waals surface area (Å²) >= 11 is 9.82. The molecule has 0 amide bonds. The first-order valence-corrected chi connectivity index (χ1v) is 4.58. The Morgan fingerprint density at radius 1 is 1.44 bits per heavy atom. The van der Waals surface area contributed by atoms with Gasteiger partial charge >= 0.3 is 0 Å². The molecule has 1 unspecified atom stereocenters. The Hall–Kier alpha value is 0.910. The van der Waals surface area contributed by atoms with Gasteiger partial charge in [0.25, 0.3) is 6.47 Å². The van der Waals surface area contributed by atoms with Gasteiger partial charge in [0.1, 0.15) is 3.23 Å². The molecule has 52 valence electrons. The van der Waals surface area contributed by atoms with Crippen LogP contribution >= 0.6 is 47.8 Å². The van der Waals surface area contributed by atoms with E-state index in [1.807, 2.05) is 0 Å². The van der Waals surface area contributed by atoms with Gasteiger partial charge in [-0.15, -0.1) is 0 Å². The number of ether oxygens (including phenoxy) is 1. The maximum Gasteiger partial charge on any atom is 0.294 e. The molecular formula is C4H3Br3O2. The summed E-state index contributed by atoms with van der Waals surface area (Å²) in [7, 11) is 0. The van der Waals surface area contributed by atoms with Crippen LogP contribution in [0, 0.1) is 0 Å². The molecule has 1 aliphatic rings. The highest BCUT2D eigenvalue weighted by Gasteiger charge is 2.67. The zero-order valence-corrected chi connectivity index (χ0v) is 8.99. The zero-order chi connectivity index (χ0) is 7.12. The van der Waals surface area contributed by atoms with Crippen molar-refractivity contribution in [3.63, 3.8) is 0 Å². The third-order valence-corrected chi connectivity index (χ3v) is 5.16. The first kappa shape index (κ1) is 8.01. The number of carbonyl (C=O) groups is 1. The Morgan fingerprint density at radius 2 is 1.89 bits per heavy atom. The van der Waals surface area contributed by atoms with Crippen molar-refractivity contribution in [3.05, 3.63) is 0 Å². The van der Waals surface area contributed by atoms with E-state index < -0.39 is 4.51 Å². The van der Waals surface area contributed by atoms with Crippen LogP contribution in [0.3, 0.4) is 0 Å². The van der Waals surface area contributed by atoms with Crippen molar-refractivity contribution in [3.8, 4) is 0 Å². The fraction of sp³-hybridized carbons (Fsp3) is 0.750. The summed E-state index contributed by atoms with van der Waals surface area (Å²) in [6, 6.07) is 0. The van der Waals surface area contributed by atoms with Crippen LogP contribution < -0.4 is 0 Å². The highest BCUT2D eigenvalue weighted by Crippen LogP contribution is 2.65. The van der Waals surface area contributed by atoms with Gasteiger partial charge in [-0.25, -0.2) is 0 Å². The van der Waals surface area contributed by atoms with E-state index in [9.17, 15) is 4.79 Å². The van der Waals surface area contributed by atoms with Crippen LogP contribution in [-0.4, -0.2) is 14.2 Å². The van der Waals surface area contributed by atoms with E-state index in [0.29, 0.717) is 6.47 Å². The van der Waals surface area contributed by atoms with Gasteiger partial charge in [0, 0.05) is 6.42 Å². The van der Waals surface area contributed by atoms with E-state index in [-0.39, 0.29) is 3.23 Å². The number of alkyl halides is 3. The molecule has 1 fully saturated rings. The van der Waals surface area contributed by atoms with Gasteiger partial charge in [0.15, 0.2) is 4.51 Å². The Kier molecular flexibility index (Phi) is 1.96. The fourth-order valence-electron chi connectivity index (χ4n) is 0.446. The van der Waals surface area contributed by atoms with Crippen LogP contribution in [0.2, 0.25) is 0 Å². The van der Waals surface area contributed by atoms with Crippen molar-refractivity contribution < 1.29 is 9.53 Å². The molecule has 5 heteroatoms. The van der Waals surface area contributed by atoms with Crippen LogP contribution in [-0.2, 0) is 9.53 Å². The summed E-state index contributed by atoms with van der Waals surface area (Å²) in [6.45, 7) is 0.430. The predicted octanol–water partition coefficient (Wildman–Crippen LogP) is 2.14. The molecule has 0 aromatic heterocycles. The van der Waals surface area contributed by atoms with Gasteiger partial charge < -0.3 is 4.74 Å². The molecule has 0 aromatic carbocycles. The first-order valence-electron chi connectivity index (χ1n) is 2.20. The van der Waals surface area contributed by atoms with E-state index in [1.54, 1.807) is 0 Å². The first-order chi connectivity index (χ1) is 4.02. The standard InChI is InChI=1S/C4H3Br3O2/c5-3(6)1-4(3,7)9-2-8/h2H,1H2. The molecule has 0 spiro atoms. The molecule has 0 bridgehead atoms. The van der Waals surface area contributed by atoms with Gasteiger partial charge in [-0.05, 0) is 15.9 Å². The van der Waals surface area contributed by atoms with Crippen molar-refractivity contribution in [2.75, 3.05) is 0 Å². The van der Waals surface area contributed by atoms with Crippen LogP contribution in [0.25, 0.3) is 0 Å². The van der Waals surface area contributed by atoms with Crippen molar-refractivity contribution in [2.24, 2.45) is 0 Å². The molecule has 0 heterocycles. The van der Waals surface area contributed by atoms with Crippen molar-refractivity contribution >= 4 is 54.3 Å². The fourth-order valence-corrected chi connectivity index (χ4v) is 2.67. The Morgan fingerprint density at radius 3 is 2.00 bits per heavy atom. The molecule has 9 heavy (non-hydrogen) atoms. The van der Waals surface area contributed by atoms with Gasteiger partial charge in [0.05, 0.1) is 0 Å². The van der Waals surface area contributed by atoms with Gasteiger partial charge in [-0.2, -0.15) is 0 Å². The number of carbonyl (C=O) groups excluding carboxylic acids is 1. The lowest BCUT2D eigenvalue weighted by molar-refractivity contribution is -0.130. The van der Waals surface area contributed by atoms with Crippen LogP contribution in [0.5, 0.6) is 0 Å². The average Bonchev–Trinajstić information content (AvgIpc) is 2.07. The molecule has 0 aromatic rings. The molecular weight excluding hydrogens is 320 g/mol. The summed E-state index contributed by atoms with van der Waals surface area (Å²) in [5.41, 5.74) is 0. The second kappa shape index (κ2) is 2.20. The number of hydrogen-bond donors (Lipinski definition) is 0. The van der Waals surface area contributed by atoms with Crippen molar-refractivity contribution in [2.45, 2.75) is 14.2 Å². The number of halogens is 3. The Labute approximate surface area is 77.7 Å². The molecule has 0 radical (unpaired) electrons. The maximum atomic E-state index is 9.85. The summed E-state index contributed by atoms with van der Waals surface area (Å²) in [6.07, 6.45) is 0.735. The van der Waals surface area contributed by atoms with Crippen LogP contribution in [0.1, 0.15) is 6.42 Å². The third kappa shape index (κ3) is 1.33. The summed E-state index contributed by atoms with van der Waals surface area (Å²) in [5, 5.41) is 0. The van der Waals surface area contributed by atoms with Gasteiger partial charge in [-0.1, -0.05) is 31.9 Å². The Bertz CT molecular complexity index is 147. The minimum absolute atomic E-state index is 0.256. The quantitative estimate of drug-likeness (QED) is 0.575. The second-order valence-corrected chi connectivity index (χ2v) is 6.88. The van der Waals surface area contributed by atoms with Crippen LogP contribution in [0.4, 0.5) is 0 Å². The lowest BCUT2D eigenvalue weighted by Crippen LogP contribution is -2.10. The molecule has 1 rings (SSSR count). The maximum absolute atomic E-state index is 9.85. The molecule has 1 saturated carbocycles. The topological polar surface area (TPSA) is 26.3 Å². The SMILES string of the molecule is O=COC1(Br)CC1(Br)Br. The largest absolute Gasteiger partial charge is 0.447 e. The normalized spacial score (nSPS) is 37.7. The lowest BCUT2D eigenvalue weighted by Gasteiger charge is -2.05.